The van der Waals surface area contributed by atoms with Crippen molar-refractivity contribution in [3.05, 3.63) is 18.6 Å². The van der Waals surface area contributed by atoms with Crippen LogP contribution in [0.25, 0.3) is 5.65 Å². The highest BCUT2D eigenvalue weighted by Crippen LogP contribution is 2.28. The Labute approximate surface area is 112 Å². The Morgan fingerprint density at radius 1 is 1.53 bits per heavy atom. The highest BCUT2D eigenvalue weighted by molar-refractivity contribution is 5.65. The van der Waals surface area contributed by atoms with Crippen LogP contribution in [0.2, 0.25) is 0 Å². The number of ether oxygens (including phenoxy) is 1. The molecule has 6 nitrogen and oxygen atoms in total. The fourth-order valence-corrected chi connectivity index (χ4v) is 2.03. The maximum Gasteiger partial charge on any atom is 0.180 e. The molecule has 0 bridgehead atoms. The molecule has 2 aromatic rings. The fourth-order valence-electron chi connectivity index (χ4n) is 2.03. The summed E-state index contributed by atoms with van der Waals surface area (Å²) in [6, 6.07) is 0. The van der Waals surface area contributed by atoms with Gasteiger partial charge in [0.15, 0.2) is 11.5 Å². The number of rotatable bonds is 6. The third kappa shape index (κ3) is 2.78. The van der Waals surface area contributed by atoms with Crippen molar-refractivity contribution in [3.8, 4) is 0 Å². The highest BCUT2D eigenvalue weighted by Gasteiger charge is 2.21. The van der Waals surface area contributed by atoms with Gasteiger partial charge in [-0.05, 0) is 18.8 Å². The van der Waals surface area contributed by atoms with Crippen molar-refractivity contribution in [1.82, 2.24) is 14.4 Å². The monoisotopic (exact) mass is 261 g/mol. The van der Waals surface area contributed by atoms with Crippen molar-refractivity contribution in [1.29, 1.82) is 0 Å². The summed E-state index contributed by atoms with van der Waals surface area (Å²) in [5.74, 6) is 2.08. The third-order valence-corrected chi connectivity index (χ3v) is 3.36. The van der Waals surface area contributed by atoms with Gasteiger partial charge in [-0.2, -0.15) is 0 Å². The standard InChI is InChI=1S/C13H19N5O/c1-17(6-7-19-9-10-2-3-10)13-12-15-4-5-18(12)8-11(14)16-13/h4-5,8,10H,2-3,6-7,9,14H2,1H3. The quantitative estimate of drug-likeness (QED) is 0.791. The first kappa shape index (κ1) is 12.2. The van der Waals surface area contributed by atoms with Gasteiger partial charge in [-0.15, -0.1) is 0 Å². The number of hydrogen-bond donors (Lipinski definition) is 1. The molecule has 0 amide bonds. The van der Waals surface area contributed by atoms with Gasteiger partial charge in [-0.25, -0.2) is 9.97 Å². The maximum atomic E-state index is 5.81. The topological polar surface area (TPSA) is 68.7 Å². The summed E-state index contributed by atoms with van der Waals surface area (Å²) in [5.41, 5.74) is 6.63. The Morgan fingerprint density at radius 2 is 2.37 bits per heavy atom. The van der Waals surface area contributed by atoms with E-state index in [0.29, 0.717) is 12.4 Å². The van der Waals surface area contributed by atoms with Gasteiger partial charge in [-0.3, -0.25) is 0 Å². The van der Waals surface area contributed by atoms with Gasteiger partial charge < -0.3 is 19.8 Å². The number of hydrogen-bond acceptors (Lipinski definition) is 5. The van der Waals surface area contributed by atoms with Crippen molar-refractivity contribution < 1.29 is 4.74 Å². The van der Waals surface area contributed by atoms with Gasteiger partial charge in [0, 0.05) is 32.6 Å². The number of anilines is 2. The second-order valence-corrected chi connectivity index (χ2v) is 5.09. The molecule has 2 heterocycles. The molecule has 0 saturated heterocycles. The van der Waals surface area contributed by atoms with Crippen LogP contribution < -0.4 is 10.6 Å². The fraction of sp³-hybridized carbons (Fsp3) is 0.538. The first-order chi connectivity index (χ1) is 9.24. The smallest absolute Gasteiger partial charge is 0.180 e. The van der Waals surface area contributed by atoms with E-state index < -0.39 is 0 Å². The molecular formula is C13H19N5O. The largest absolute Gasteiger partial charge is 0.382 e. The van der Waals surface area contributed by atoms with Crippen molar-refractivity contribution in [2.24, 2.45) is 5.92 Å². The lowest BCUT2D eigenvalue weighted by atomic mass is 10.4. The molecule has 0 atom stereocenters. The SMILES string of the molecule is CN(CCOCC1CC1)c1nc(N)cn2ccnc12. The lowest BCUT2D eigenvalue weighted by molar-refractivity contribution is 0.131. The van der Waals surface area contributed by atoms with Gasteiger partial charge in [0.05, 0.1) is 12.8 Å². The molecule has 1 fully saturated rings. The molecule has 0 aromatic carbocycles. The van der Waals surface area contributed by atoms with Crippen LogP contribution in [0.15, 0.2) is 18.6 Å². The van der Waals surface area contributed by atoms with Gasteiger partial charge >= 0.3 is 0 Å². The molecule has 0 unspecified atom stereocenters. The second-order valence-electron chi connectivity index (χ2n) is 5.09. The van der Waals surface area contributed by atoms with Crippen LogP contribution in [0.3, 0.4) is 0 Å². The Hall–Kier alpha value is -1.82. The predicted molar refractivity (Wildman–Crippen MR) is 74.2 cm³/mol. The van der Waals surface area contributed by atoms with Gasteiger partial charge in [0.25, 0.3) is 0 Å². The number of fused-ring (bicyclic) bond motifs is 1. The summed E-state index contributed by atoms with van der Waals surface area (Å²) in [5, 5.41) is 0. The van der Waals surface area contributed by atoms with Gasteiger partial charge in [0.2, 0.25) is 0 Å². The van der Waals surface area contributed by atoms with E-state index in [1.807, 2.05) is 22.5 Å². The zero-order valence-corrected chi connectivity index (χ0v) is 11.1. The predicted octanol–water partition coefficient (Wildman–Crippen LogP) is 1.17. The van der Waals surface area contributed by atoms with Crippen molar-refractivity contribution >= 4 is 17.3 Å². The van der Waals surface area contributed by atoms with Crippen LogP contribution >= 0.6 is 0 Å². The molecule has 1 aliphatic carbocycles. The third-order valence-electron chi connectivity index (χ3n) is 3.36. The number of imidazole rings is 1. The minimum Gasteiger partial charge on any atom is -0.382 e. The summed E-state index contributed by atoms with van der Waals surface area (Å²) in [7, 11) is 1.98. The van der Waals surface area contributed by atoms with Crippen molar-refractivity contribution in [2.75, 3.05) is 37.4 Å². The van der Waals surface area contributed by atoms with Crippen LogP contribution in [0, 0.1) is 5.92 Å². The normalized spacial score (nSPS) is 15.0. The Balaban J connectivity index is 1.65. The van der Waals surface area contributed by atoms with E-state index in [1.54, 1.807) is 12.4 Å². The molecule has 0 aliphatic heterocycles. The molecule has 2 N–H and O–H groups in total. The van der Waals surface area contributed by atoms with Gasteiger partial charge in [0.1, 0.15) is 5.82 Å². The van der Waals surface area contributed by atoms with E-state index in [2.05, 4.69) is 9.97 Å². The van der Waals surface area contributed by atoms with E-state index in [0.717, 1.165) is 30.5 Å². The average Bonchev–Trinajstić information content (AvgIpc) is 3.10. The number of likely N-dealkylation sites (N-methyl/N-ethyl adjacent to an activating group) is 1. The average molecular weight is 261 g/mol. The summed E-state index contributed by atoms with van der Waals surface area (Å²) in [6.45, 7) is 2.37. The minimum absolute atomic E-state index is 0.492. The summed E-state index contributed by atoms with van der Waals surface area (Å²) in [6.07, 6.45) is 8.03. The number of nitrogen functional groups attached to an aromatic ring is 1. The van der Waals surface area contributed by atoms with Gasteiger partial charge in [-0.1, -0.05) is 0 Å². The van der Waals surface area contributed by atoms with Crippen LogP contribution in [-0.2, 0) is 4.74 Å². The number of aromatic nitrogens is 3. The maximum absolute atomic E-state index is 5.81. The first-order valence-electron chi connectivity index (χ1n) is 6.62. The van der Waals surface area contributed by atoms with Crippen LogP contribution in [0.1, 0.15) is 12.8 Å². The molecular weight excluding hydrogens is 242 g/mol. The summed E-state index contributed by atoms with van der Waals surface area (Å²) in [4.78, 5) is 10.7. The molecule has 3 rings (SSSR count). The number of nitrogens with zero attached hydrogens (tertiary/aromatic N) is 4. The molecule has 1 saturated carbocycles. The molecule has 102 valence electrons. The van der Waals surface area contributed by atoms with E-state index in [1.165, 1.54) is 12.8 Å². The first-order valence-corrected chi connectivity index (χ1v) is 6.62. The lowest BCUT2D eigenvalue weighted by Gasteiger charge is -2.19. The Kier molecular flexibility index (Phi) is 3.25. The van der Waals surface area contributed by atoms with Crippen molar-refractivity contribution in [3.63, 3.8) is 0 Å². The zero-order valence-electron chi connectivity index (χ0n) is 11.1. The van der Waals surface area contributed by atoms with Crippen LogP contribution in [0.4, 0.5) is 11.6 Å². The van der Waals surface area contributed by atoms with E-state index >= 15 is 0 Å². The van der Waals surface area contributed by atoms with E-state index in [4.69, 9.17) is 10.5 Å². The molecule has 0 radical (unpaired) electrons. The van der Waals surface area contributed by atoms with Crippen LogP contribution in [0.5, 0.6) is 0 Å². The van der Waals surface area contributed by atoms with Crippen molar-refractivity contribution in [2.45, 2.75) is 12.8 Å². The van der Waals surface area contributed by atoms with Crippen LogP contribution in [-0.4, -0.2) is 41.2 Å². The molecule has 19 heavy (non-hydrogen) atoms. The molecule has 6 heteroatoms. The summed E-state index contributed by atoms with van der Waals surface area (Å²) < 4.78 is 7.53. The van der Waals surface area contributed by atoms with E-state index in [9.17, 15) is 0 Å². The minimum atomic E-state index is 0.492. The lowest BCUT2D eigenvalue weighted by Crippen LogP contribution is -2.25. The Morgan fingerprint density at radius 3 is 3.16 bits per heavy atom. The number of nitrogens with two attached hydrogens (primary N) is 1. The second kappa shape index (κ2) is 5.05. The summed E-state index contributed by atoms with van der Waals surface area (Å²) >= 11 is 0. The zero-order chi connectivity index (χ0) is 13.2. The molecule has 0 spiro atoms. The highest BCUT2D eigenvalue weighted by atomic mass is 16.5. The molecule has 2 aromatic heterocycles. The molecule has 1 aliphatic rings. The Bertz CT molecular complexity index is 563. The van der Waals surface area contributed by atoms with E-state index in [-0.39, 0.29) is 0 Å².